The van der Waals surface area contributed by atoms with E-state index in [0.29, 0.717) is 10.8 Å². The second kappa shape index (κ2) is 8.44. The molecule has 0 saturated carbocycles. The molecular formula is C21H23N3O3S2. The molecule has 0 N–H and O–H groups in total. The molecule has 0 fully saturated rings. The highest BCUT2D eigenvalue weighted by Crippen LogP contribution is 2.31. The van der Waals surface area contributed by atoms with Gasteiger partial charge in [-0.1, -0.05) is 65.9 Å². The van der Waals surface area contributed by atoms with E-state index < -0.39 is 10.0 Å². The van der Waals surface area contributed by atoms with Crippen molar-refractivity contribution in [3.05, 3.63) is 65.9 Å². The van der Waals surface area contributed by atoms with E-state index in [1.807, 2.05) is 54.6 Å². The van der Waals surface area contributed by atoms with Crippen LogP contribution in [0.1, 0.15) is 11.3 Å². The van der Waals surface area contributed by atoms with Crippen LogP contribution in [0.4, 0.5) is 5.13 Å². The highest BCUT2D eigenvalue weighted by molar-refractivity contribution is 7.91. The summed E-state index contributed by atoms with van der Waals surface area (Å²) >= 11 is 1.01. The molecule has 0 unspecified atom stereocenters. The van der Waals surface area contributed by atoms with Crippen molar-refractivity contribution in [2.45, 2.75) is 17.6 Å². The predicted molar refractivity (Wildman–Crippen MR) is 117 cm³/mol. The minimum Gasteiger partial charge on any atom is -0.291 e. The quantitative estimate of drug-likeness (QED) is 0.601. The zero-order chi connectivity index (χ0) is 21.2. The van der Waals surface area contributed by atoms with E-state index in [4.69, 9.17) is 0 Å². The Kier molecular flexibility index (Phi) is 6.16. The third kappa shape index (κ3) is 4.55. The number of nitrogens with zero attached hydrogens (tertiary/aromatic N) is 3. The van der Waals surface area contributed by atoms with E-state index in [1.165, 1.54) is 19.0 Å². The van der Waals surface area contributed by atoms with E-state index in [2.05, 4.69) is 4.98 Å². The summed E-state index contributed by atoms with van der Waals surface area (Å²) in [5, 5.41) is 0.369. The molecular weight excluding hydrogens is 406 g/mol. The van der Waals surface area contributed by atoms with E-state index in [1.54, 1.807) is 14.0 Å². The molecule has 0 spiro atoms. The summed E-state index contributed by atoms with van der Waals surface area (Å²) in [5.41, 5.74) is 3.49. The molecule has 0 aliphatic rings. The number of amides is 1. The molecule has 29 heavy (non-hydrogen) atoms. The van der Waals surface area contributed by atoms with Gasteiger partial charge in [0.1, 0.15) is 0 Å². The van der Waals surface area contributed by atoms with Gasteiger partial charge in [-0.05, 0) is 23.6 Å². The van der Waals surface area contributed by atoms with Gasteiger partial charge in [0.25, 0.3) is 10.0 Å². The Bertz CT molecular complexity index is 1110. The van der Waals surface area contributed by atoms with Gasteiger partial charge in [0.15, 0.2) is 9.34 Å². The summed E-state index contributed by atoms with van der Waals surface area (Å²) in [5.74, 6) is -0.153. The van der Waals surface area contributed by atoms with Crippen LogP contribution in [0, 0.1) is 6.92 Å². The van der Waals surface area contributed by atoms with Crippen LogP contribution >= 0.6 is 11.3 Å². The standard InChI is InChI=1S/C21H23N3O3S2/c1-15-20(29(26,27)23(2)3)28-21(22-15)24(4)19(25)14-16-10-12-18(13-11-16)17-8-6-5-7-9-17/h5-13H,14H2,1-4H3. The number of carbonyl (C=O) groups excluding carboxylic acids is 1. The maximum absolute atomic E-state index is 12.7. The van der Waals surface area contributed by atoms with Gasteiger partial charge in [0, 0.05) is 21.1 Å². The predicted octanol–water partition coefficient (Wildman–Crippen LogP) is 3.57. The summed E-state index contributed by atoms with van der Waals surface area (Å²) < 4.78 is 26.1. The molecule has 1 heterocycles. The number of anilines is 1. The van der Waals surface area contributed by atoms with Gasteiger partial charge in [-0.2, -0.15) is 0 Å². The number of hydrogen-bond donors (Lipinski definition) is 0. The summed E-state index contributed by atoms with van der Waals surface area (Å²) in [6, 6.07) is 17.9. The van der Waals surface area contributed by atoms with Crippen molar-refractivity contribution in [2.75, 3.05) is 26.0 Å². The Balaban J connectivity index is 1.74. The summed E-state index contributed by atoms with van der Waals surface area (Å²) in [4.78, 5) is 18.4. The van der Waals surface area contributed by atoms with Gasteiger partial charge >= 0.3 is 0 Å². The van der Waals surface area contributed by atoms with Crippen LogP contribution in [0.15, 0.2) is 58.8 Å². The van der Waals surface area contributed by atoms with Crippen LogP contribution in [0.5, 0.6) is 0 Å². The highest BCUT2D eigenvalue weighted by atomic mass is 32.2. The number of benzene rings is 2. The minimum absolute atomic E-state index is 0.153. The number of likely N-dealkylation sites (N-methyl/N-ethyl adjacent to an activating group) is 1. The molecule has 6 nitrogen and oxygen atoms in total. The first-order chi connectivity index (χ1) is 13.7. The van der Waals surface area contributed by atoms with Gasteiger partial charge in [-0.15, -0.1) is 0 Å². The van der Waals surface area contributed by atoms with Gasteiger partial charge in [0.2, 0.25) is 5.91 Å². The van der Waals surface area contributed by atoms with Crippen LogP contribution in [0.25, 0.3) is 11.1 Å². The largest absolute Gasteiger partial charge is 0.291 e. The first-order valence-electron chi connectivity index (χ1n) is 9.01. The van der Waals surface area contributed by atoms with Crippen molar-refractivity contribution in [2.24, 2.45) is 0 Å². The summed E-state index contributed by atoms with van der Waals surface area (Å²) in [6.45, 7) is 1.64. The lowest BCUT2D eigenvalue weighted by atomic mass is 10.0. The van der Waals surface area contributed by atoms with Crippen LogP contribution in [-0.4, -0.2) is 44.8 Å². The second-order valence-corrected chi connectivity index (χ2v) is 10.2. The molecule has 0 atom stereocenters. The monoisotopic (exact) mass is 429 g/mol. The third-order valence-corrected chi connectivity index (χ3v) is 8.17. The fraction of sp³-hybridized carbons (Fsp3) is 0.238. The van der Waals surface area contributed by atoms with Gasteiger partial charge < -0.3 is 0 Å². The molecule has 8 heteroatoms. The van der Waals surface area contributed by atoms with E-state index in [-0.39, 0.29) is 16.5 Å². The molecule has 0 aliphatic carbocycles. The average molecular weight is 430 g/mol. The lowest BCUT2D eigenvalue weighted by Gasteiger charge is -2.14. The molecule has 0 aliphatic heterocycles. The van der Waals surface area contributed by atoms with Crippen molar-refractivity contribution >= 4 is 32.4 Å². The van der Waals surface area contributed by atoms with Crippen LogP contribution in [0.2, 0.25) is 0 Å². The van der Waals surface area contributed by atoms with Crippen molar-refractivity contribution in [3.63, 3.8) is 0 Å². The van der Waals surface area contributed by atoms with Crippen molar-refractivity contribution < 1.29 is 13.2 Å². The molecule has 0 bridgehead atoms. The van der Waals surface area contributed by atoms with Crippen molar-refractivity contribution in [1.82, 2.24) is 9.29 Å². The number of carbonyl (C=O) groups is 1. The summed E-state index contributed by atoms with van der Waals surface area (Å²) in [6.07, 6.45) is 0.208. The van der Waals surface area contributed by atoms with Crippen molar-refractivity contribution in [1.29, 1.82) is 0 Å². The molecule has 152 valence electrons. The topological polar surface area (TPSA) is 70.6 Å². The lowest BCUT2D eigenvalue weighted by molar-refractivity contribution is -0.117. The average Bonchev–Trinajstić information content (AvgIpc) is 3.11. The second-order valence-electron chi connectivity index (χ2n) is 6.85. The zero-order valence-corrected chi connectivity index (χ0v) is 18.4. The minimum atomic E-state index is -3.58. The van der Waals surface area contributed by atoms with Crippen molar-refractivity contribution in [3.8, 4) is 11.1 Å². The highest BCUT2D eigenvalue weighted by Gasteiger charge is 2.26. The molecule has 3 rings (SSSR count). The maximum Gasteiger partial charge on any atom is 0.254 e. The number of rotatable bonds is 6. The smallest absolute Gasteiger partial charge is 0.254 e. The Hall–Kier alpha value is -2.55. The fourth-order valence-electron chi connectivity index (χ4n) is 2.76. The number of aromatic nitrogens is 1. The number of aryl methyl sites for hydroxylation is 1. The maximum atomic E-state index is 12.7. The number of hydrogen-bond acceptors (Lipinski definition) is 5. The SMILES string of the molecule is Cc1nc(N(C)C(=O)Cc2ccc(-c3ccccc3)cc2)sc1S(=O)(=O)N(C)C. The molecule has 2 aromatic carbocycles. The Labute approximate surface area is 175 Å². The van der Waals surface area contributed by atoms with E-state index in [0.717, 1.165) is 32.3 Å². The molecule has 1 amide bonds. The molecule has 1 aromatic heterocycles. The zero-order valence-electron chi connectivity index (χ0n) is 16.8. The van der Waals surface area contributed by atoms with Crippen LogP contribution in [0.3, 0.4) is 0 Å². The Morgan fingerprint density at radius 3 is 2.14 bits per heavy atom. The van der Waals surface area contributed by atoms with Gasteiger partial charge in [0.05, 0.1) is 12.1 Å². The van der Waals surface area contributed by atoms with E-state index in [9.17, 15) is 13.2 Å². The molecule has 0 saturated heterocycles. The molecule has 3 aromatic rings. The van der Waals surface area contributed by atoms with Crippen LogP contribution in [-0.2, 0) is 21.2 Å². The fourth-order valence-corrected chi connectivity index (χ4v) is 5.39. The van der Waals surface area contributed by atoms with Gasteiger partial charge in [-0.25, -0.2) is 17.7 Å². The van der Waals surface area contributed by atoms with Crippen LogP contribution < -0.4 is 4.90 Å². The molecule has 0 radical (unpaired) electrons. The first kappa shape index (κ1) is 21.2. The van der Waals surface area contributed by atoms with E-state index >= 15 is 0 Å². The normalized spacial score (nSPS) is 11.6. The lowest BCUT2D eigenvalue weighted by Crippen LogP contribution is -2.27. The first-order valence-corrected chi connectivity index (χ1v) is 11.3. The number of thiazole rings is 1. The Morgan fingerprint density at radius 1 is 0.966 bits per heavy atom. The number of sulfonamides is 1. The third-order valence-electron chi connectivity index (χ3n) is 4.54. The summed E-state index contributed by atoms with van der Waals surface area (Å²) in [7, 11) is 0.980. The van der Waals surface area contributed by atoms with Gasteiger partial charge in [-0.3, -0.25) is 9.69 Å². The Morgan fingerprint density at radius 2 is 1.55 bits per heavy atom.